The molecule has 1 N–H and O–H groups in total. The van der Waals surface area contributed by atoms with Crippen molar-refractivity contribution < 1.29 is 22.3 Å². The van der Waals surface area contributed by atoms with E-state index in [-0.39, 0.29) is 34.3 Å². The van der Waals surface area contributed by atoms with E-state index in [1.807, 2.05) is 0 Å². The number of hydrogen-bond donors (Lipinski definition) is 1. The van der Waals surface area contributed by atoms with Crippen LogP contribution in [-0.4, -0.2) is 44.9 Å². The predicted octanol–water partition coefficient (Wildman–Crippen LogP) is 3.06. The van der Waals surface area contributed by atoms with E-state index in [0.29, 0.717) is 18.8 Å². The molecule has 27 heavy (non-hydrogen) atoms. The first-order chi connectivity index (χ1) is 12.8. The zero-order valence-electron chi connectivity index (χ0n) is 14.5. The highest BCUT2D eigenvalue weighted by Crippen LogP contribution is 2.24. The maximum atomic E-state index is 13.9. The molecule has 1 amide bonds. The Balaban J connectivity index is 1.89. The Morgan fingerprint density at radius 2 is 1.89 bits per heavy atom. The average molecular weight is 413 g/mol. The summed E-state index contributed by atoms with van der Waals surface area (Å²) in [6.45, 7) is 2.83. The number of anilines is 1. The first-order valence-electron chi connectivity index (χ1n) is 8.24. The molecule has 1 aliphatic heterocycles. The number of benzene rings is 2. The van der Waals surface area contributed by atoms with Crippen LogP contribution >= 0.6 is 11.6 Å². The molecule has 3 rings (SSSR count). The molecule has 6 nitrogen and oxygen atoms in total. The highest BCUT2D eigenvalue weighted by atomic mass is 35.5. The van der Waals surface area contributed by atoms with Crippen LogP contribution in [0.1, 0.15) is 15.9 Å². The van der Waals surface area contributed by atoms with Gasteiger partial charge in [0.25, 0.3) is 5.91 Å². The number of sulfonamides is 1. The Kier molecular flexibility index (Phi) is 5.81. The third-order valence-corrected chi connectivity index (χ3v) is 6.49. The first-order valence-corrected chi connectivity index (χ1v) is 10.1. The van der Waals surface area contributed by atoms with Crippen LogP contribution < -0.4 is 5.32 Å². The van der Waals surface area contributed by atoms with E-state index in [2.05, 4.69) is 5.32 Å². The molecule has 0 aromatic heterocycles. The second-order valence-electron chi connectivity index (χ2n) is 6.08. The number of nitrogens with one attached hydrogen (secondary N) is 1. The van der Waals surface area contributed by atoms with Crippen LogP contribution in [0.5, 0.6) is 0 Å². The lowest BCUT2D eigenvalue weighted by atomic mass is 10.1. The molecule has 0 spiro atoms. The fraction of sp³-hybridized carbons (Fsp3) is 0.278. The van der Waals surface area contributed by atoms with Gasteiger partial charge >= 0.3 is 0 Å². The summed E-state index contributed by atoms with van der Waals surface area (Å²) in [5, 5.41) is 2.64. The topological polar surface area (TPSA) is 75.7 Å². The van der Waals surface area contributed by atoms with Crippen LogP contribution in [0.4, 0.5) is 10.1 Å². The molecule has 0 radical (unpaired) electrons. The van der Waals surface area contributed by atoms with Gasteiger partial charge in [-0.3, -0.25) is 4.79 Å². The Morgan fingerprint density at radius 1 is 1.19 bits per heavy atom. The van der Waals surface area contributed by atoms with Crippen molar-refractivity contribution in [2.45, 2.75) is 11.8 Å². The molecule has 2 aromatic rings. The van der Waals surface area contributed by atoms with Crippen LogP contribution in [-0.2, 0) is 14.8 Å². The molecule has 1 heterocycles. The number of aryl methyl sites for hydroxylation is 1. The molecule has 9 heteroatoms. The van der Waals surface area contributed by atoms with Crippen molar-refractivity contribution in [3.8, 4) is 0 Å². The SMILES string of the molecule is Cc1ccc(C(=O)Nc2ccc(Cl)cc2F)cc1S(=O)(=O)N1CCOCC1. The molecule has 2 aromatic carbocycles. The largest absolute Gasteiger partial charge is 0.379 e. The first kappa shape index (κ1) is 19.8. The molecule has 0 atom stereocenters. The van der Waals surface area contributed by atoms with Crippen molar-refractivity contribution in [3.63, 3.8) is 0 Å². The molecular weight excluding hydrogens is 395 g/mol. The normalized spacial score (nSPS) is 15.5. The molecule has 0 saturated carbocycles. The third kappa shape index (κ3) is 4.30. The minimum atomic E-state index is -3.75. The molecule has 1 aliphatic rings. The van der Waals surface area contributed by atoms with Gasteiger partial charge in [0.05, 0.1) is 23.8 Å². The standard InChI is InChI=1S/C18H18ClFN2O4S/c1-12-2-3-13(18(23)21-16-5-4-14(19)11-15(16)20)10-17(12)27(24,25)22-6-8-26-9-7-22/h2-5,10-11H,6-9H2,1H3,(H,21,23). The molecular formula is C18H18ClFN2O4S. The summed E-state index contributed by atoms with van der Waals surface area (Å²) in [6, 6.07) is 8.24. The molecule has 1 saturated heterocycles. The molecule has 144 valence electrons. The number of halogens is 2. The minimum absolute atomic E-state index is 0.0393. The van der Waals surface area contributed by atoms with E-state index in [0.717, 1.165) is 6.07 Å². The number of nitrogens with zero attached hydrogens (tertiary/aromatic N) is 1. The van der Waals surface area contributed by atoms with E-state index in [1.54, 1.807) is 13.0 Å². The zero-order chi connectivity index (χ0) is 19.6. The molecule has 0 aliphatic carbocycles. The van der Waals surface area contributed by atoms with Crippen LogP contribution in [0, 0.1) is 12.7 Å². The van der Waals surface area contributed by atoms with Gasteiger partial charge in [0, 0.05) is 23.7 Å². The van der Waals surface area contributed by atoms with E-state index in [1.165, 1.54) is 28.6 Å². The Morgan fingerprint density at radius 3 is 2.56 bits per heavy atom. The number of amides is 1. The van der Waals surface area contributed by atoms with Gasteiger partial charge in [-0.25, -0.2) is 12.8 Å². The summed E-state index contributed by atoms with van der Waals surface area (Å²) in [5.74, 6) is -1.29. The van der Waals surface area contributed by atoms with E-state index >= 15 is 0 Å². The Labute approximate surface area is 161 Å². The van der Waals surface area contributed by atoms with Crippen LogP contribution in [0.2, 0.25) is 5.02 Å². The molecule has 1 fully saturated rings. The lowest BCUT2D eigenvalue weighted by Gasteiger charge is -2.26. The predicted molar refractivity (Wildman–Crippen MR) is 100 cm³/mol. The van der Waals surface area contributed by atoms with Gasteiger partial charge in [0.2, 0.25) is 10.0 Å². The monoisotopic (exact) mass is 412 g/mol. The van der Waals surface area contributed by atoms with Gasteiger partial charge < -0.3 is 10.1 Å². The van der Waals surface area contributed by atoms with Crippen molar-refractivity contribution in [1.29, 1.82) is 0 Å². The smallest absolute Gasteiger partial charge is 0.255 e. The maximum Gasteiger partial charge on any atom is 0.255 e. The van der Waals surface area contributed by atoms with Gasteiger partial charge in [-0.05, 0) is 42.8 Å². The van der Waals surface area contributed by atoms with Gasteiger partial charge in [-0.2, -0.15) is 4.31 Å². The van der Waals surface area contributed by atoms with E-state index in [9.17, 15) is 17.6 Å². The number of carbonyl (C=O) groups is 1. The van der Waals surface area contributed by atoms with Crippen LogP contribution in [0.15, 0.2) is 41.3 Å². The summed E-state index contributed by atoms with van der Waals surface area (Å²) in [5.41, 5.74) is 0.597. The van der Waals surface area contributed by atoms with Crippen molar-refractivity contribution in [1.82, 2.24) is 4.31 Å². The Bertz CT molecular complexity index is 975. The second-order valence-corrected chi connectivity index (χ2v) is 8.42. The average Bonchev–Trinajstić information content (AvgIpc) is 2.65. The van der Waals surface area contributed by atoms with Crippen molar-refractivity contribution in [3.05, 3.63) is 58.4 Å². The zero-order valence-corrected chi connectivity index (χ0v) is 16.1. The summed E-state index contributed by atoms with van der Waals surface area (Å²) in [4.78, 5) is 12.5. The van der Waals surface area contributed by atoms with Crippen molar-refractivity contribution >= 4 is 33.2 Å². The van der Waals surface area contributed by atoms with Gasteiger partial charge in [0.15, 0.2) is 0 Å². The number of rotatable bonds is 4. The summed E-state index contributed by atoms with van der Waals surface area (Å²) in [6.07, 6.45) is 0. The lowest BCUT2D eigenvalue weighted by molar-refractivity contribution is 0.0730. The summed E-state index contributed by atoms with van der Waals surface area (Å²) < 4.78 is 46.2. The highest BCUT2D eigenvalue weighted by Gasteiger charge is 2.28. The van der Waals surface area contributed by atoms with Crippen LogP contribution in [0.3, 0.4) is 0 Å². The second kappa shape index (κ2) is 7.93. The molecule has 0 unspecified atom stereocenters. The van der Waals surface area contributed by atoms with Crippen LogP contribution in [0.25, 0.3) is 0 Å². The maximum absolute atomic E-state index is 13.9. The Hall–Kier alpha value is -2.00. The van der Waals surface area contributed by atoms with E-state index < -0.39 is 21.7 Å². The molecule has 0 bridgehead atoms. The van der Waals surface area contributed by atoms with Crippen molar-refractivity contribution in [2.24, 2.45) is 0 Å². The summed E-state index contributed by atoms with van der Waals surface area (Å²) in [7, 11) is -3.75. The lowest BCUT2D eigenvalue weighted by Crippen LogP contribution is -2.40. The quantitative estimate of drug-likeness (QED) is 0.837. The third-order valence-electron chi connectivity index (χ3n) is 4.22. The highest BCUT2D eigenvalue weighted by molar-refractivity contribution is 7.89. The number of carbonyl (C=O) groups excluding carboxylic acids is 1. The van der Waals surface area contributed by atoms with Crippen molar-refractivity contribution in [2.75, 3.05) is 31.6 Å². The summed E-state index contributed by atoms with van der Waals surface area (Å²) >= 11 is 5.70. The number of ether oxygens (including phenoxy) is 1. The minimum Gasteiger partial charge on any atom is -0.379 e. The number of hydrogen-bond acceptors (Lipinski definition) is 4. The number of morpholine rings is 1. The van der Waals surface area contributed by atoms with Gasteiger partial charge in [0.1, 0.15) is 5.82 Å². The van der Waals surface area contributed by atoms with E-state index in [4.69, 9.17) is 16.3 Å². The van der Waals surface area contributed by atoms with Gasteiger partial charge in [-0.15, -0.1) is 0 Å². The van der Waals surface area contributed by atoms with Gasteiger partial charge in [-0.1, -0.05) is 17.7 Å². The fourth-order valence-electron chi connectivity index (χ4n) is 2.73. The fourth-order valence-corrected chi connectivity index (χ4v) is 4.55.